The van der Waals surface area contributed by atoms with E-state index in [0.29, 0.717) is 18.2 Å². The largest absolute Gasteiger partial charge is 0.362 e. The molecule has 2 aromatic rings. The van der Waals surface area contributed by atoms with Crippen LogP contribution in [0.1, 0.15) is 28.3 Å². The van der Waals surface area contributed by atoms with Crippen molar-refractivity contribution in [2.75, 3.05) is 12.0 Å². The Morgan fingerprint density at radius 1 is 1.44 bits per heavy atom. The number of anilines is 1. The van der Waals surface area contributed by atoms with Crippen LogP contribution in [-0.2, 0) is 6.54 Å². The van der Waals surface area contributed by atoms with Crippen molar-refractivity contribution in [3.63, 3.8) is 0 Å². The van der Waals surface area contributed by atoms with E-state index in [4.69, 9.17) is 27.7 Å². The molecule has 0 saturated carbocycles. The van der Waals surface area contributed by atoms with Crippen LogP contribution in [0, 0.1) is 6.92 Å². The van der Waals surface area contributed by atoms with Gasteiger partial charge in [-0.3, -0.25) is 0 Å². The molecule has 0 radical (unpaired) electrons. The van der Waals surface area contributed by atoms with Crippen molar-refractivity contribution in [2.45, 2.75) is 25.3 Å². The summed E-state index contributed by atoms with van der Waals surface area (Å²) in [4.78, 5) is 5.75. The molecule has 0 spiro atoms. The van der Waals surface area contributed by atoms with Crippen molar-refractivity contribution in [1.82, 2.24) is 10.5 Å². The van der Waals surface area contributed by atoms with E-state index in [1.165, 1.54) is 4.88 Å². The number of hydrogen-bond acceptors (Lipinski definition) is 6. The third-order valence-electron chi connectivity index (χ3n) is 3.98. The molecule has 5 nitrogen and oxygen atoms in total. The zero-order chi connectivity index (χ0) is 17.4. The Morgan fingerprint density at radius 2 is 2.32 bits per heavy atom. The molecule has 3 heterocycles. The number of hydrogen-bond donors (Lipinski definition) is 2. The zero-order valence-electron chi connectivity index (χ0n) is 13.5. The van der Waals surface area contributed by atoms with E-state index in [2.05, 4.69) is 33.8 Å². The monoisotopic (exact) mass is 394 g/mol. The smallest absolute Gasteiger partial charge is 0.156 e. The van der Waals surface area contributed by atoms with Crippen LogP contribution in [0.25, 0.3) is 5.57 Å². The standard InChI is InChI=1S/C17H16Cl2N4OS/c1-9-4-13-16(21-8-22-17(13)25-9)20-7-11-6-15(23-24-11)12-3-2-10(18)5-14(12)19/h3-6,10,22H,2,7-8H2,1H3,(H,20,21). The second-order valence-electron chi connectivity index (χ2n) is 5.86. The van der Waals surface area contributed by atoms with Crippen LogP contribution in [0.5, 0.6) is 0 Å². The van der Waals surface area contributed by atoms with Gasteiger partial charge in [0.2, 0.25) is 0 Å². The topological polar surface area (TPSA) is 62.5 Å². The summed E-state index contributed by atoms with van der Waals surface area (Å²) in [7, 11) is 0. The highest BCUT2D eigenvalue weighted by Gasteiger charge is 2.19. The number of amidine groups is 1. The van der Waals surface area contributed by atoms with Gasteiger partial charge >= 0.3 is 0 Å². The number of aryl methyl sites for hydroxylation is 1. The van der Waals surface area contributed by atoms with E-state index in [9.17, 15) is 0 Å². The number of aromatic nitrogens is 1. The number of fused-ring (bicyclic) bond motifs is 1. The maximum atomic E-state index is 6.26. The lowest BCUT2D eigenvalue weighted by atomic mass is 10.0. The summed E-state index contributed by atoms with van der Waals surface area (Å²) in [6, 6.07) is 4.02. The first-order valence-corrected chi connectivity index (χ1v) is 9.54. The van der Waals surface area contributed by atoms with Crippen LogP contribution >= 0.6 is 34.5 Å². The number of halogens is 2. The van der Waals surface area contributed by atoms with Gasteiger partial charge in [0.25, 0.3) is 0 Å². The predicted octanol–water partition coefficient (Wildman–Crippen LogP) is 4.48. The third-order valence-corrected chi connectivity index (χ3v) is 5.63. The van der Waals surface area contributed by atoms with Crippen molar-refractivity contribution in [1.29, 1.82) is 0 Å². The zero-order valence-corrected chi connectivity index (χ0v) is 15.8. The van der Waals surface area contributed by atoms with Crippen molar-refractivity contribution in [3.8, 4) is 0 Å². The minimum atomic E-state index is -0.0644. The van der Waals surface area contributed by atoms with Crippen LogP contribution in [0.3, 0.4) is 0 Å². The Balaban J connectivity index is 1.46. The van der Waals surface area contributed by atoms with Gasteiger partial charge in [-0.25, -0.2) is 4.99 Å². The molecule has 1 unspecified atom stereocenters. The number of thiophene rings is 1. The van der Waals surface area contributed by atoms with E-state index >= 15 is 0 Å². The van der Waals surface area contributed by atoms with Gasteiger partial charge in [0.15, 0.2) is 5.76 Å². The first-order chi connectivity index (χ1) is 12.1. The molecule has 2 aromatic heterocycles. The lowest BCUT2D eigenvalue weighted by Gasteiger charge is -2.15. The fourth-order valence-corrected chi connectivity index (χ4v) is 4.32. The van der Waals surface area contributed by atoms with Gasteiger partial charge in [0, 0.05) is 21.5 Å². The fraction of sp³-hybridized carbons (Fsp3) is 0.294. The molecule has 2 aliphatic rings. The molecule has 25 heavy (non-hydrogen) atoms. The summed E-state index contributed by atoms with van der Waals surface area (Å²) in [6.07, 6.45) is 4.55. The Morgan fingerprint density at radius 3 is 3.16 bits per heavy atom. The summed E-state index contributed by atoms with van der Waals surface area (Å²) in [6.45, 7) is 3.17. The predicted molar refractivity (Wildman–Crippen MR) is 104 cm³/mol. The molecule has 8 heteroatoms. The van der Waals surface area contributed by atoms with E-state index in [-0.39, 0.29) is 5.38 Å². The first kappa shape index (κ1) is 16.7. The highest BCUT2D eigenvalue weighted by molar-refractivity contribution is 7.16. The number of nitrogens with one attached hydrogen (secondary N) is 2. The lowest BCUT2D eigenvalue weighted by molar-refractivity contribution is 0.379. The molecule has 1 aliphatic heterocycles. The van der Waals surface area contributed by atoms with E-state index in [0.717, 1.165) is 39.8 Å². The quantitative estimate of drug-likeness (QED) is 0.753. The molecular formula is C17H16Cl2N4OS. The highest BCUT2D eigenvalue weighted by atomic mass is 35.5. The van der Waals surface area contributed by atoms with Crippen molar-refractivity contribution in [2.24, 2.45) is 4.99 Å². The van der Waals surface area contributed by atoms with Gasteiger partial charge in [-0.05, 0) is 25.5 Å². The van der Waals surface area contributed by atoms with Crippen molar-refractivity contribution < 1.29 is 4.52 Å². The molecule has 130 valence electrons. The fourth-order valence-electron chi connectivity index (χ4n) is 2.81. The summed E-state index contributed by atoms with van der Waals surface area (Å²) >= 11 is 14.1. The molecule has 0 fully saturated rings. The minimum absolute atomic E-state index is 0.0644. The molecule has 0 aromatic carbocycles. The Hall–Kier alpha value is -1.76. The third kappa shape index (κ3) is 3.47. The SMILES string of the molecule is Cc1cc2c(s1)NCN=C2NCc1cc(C2=CCC(Cl)C=C2Cl)no1. The first-order valence-electron chi connectivity index (χ1n) is 7.91. The Kier molecular flexibility index (Phi) is 4.58. The lowest BCUT2D eigenvalue weighted by Crippen LogP contribution is -2.27. The molecule has 0 amide bonds. The van der Waals surface area contributed by atoms with Crippen LogP contribution in [0.2, 0.25) is 0 Å². The summed E-state index contributed by atoms with van der Waals surface area (Å²) in [5.74, 6) is 1.60. The van der Waals surface area contributed by atoms with Crippen LogP contribution in [0.15, 0.2) is 38.8 Å². The summed E-state index contributed by atoms with van der Waals surface area (Å²) < 4.78 is 5.44. The highest BCUT2D eigenvalue weighted by Crippen LogP contribution is 2.32. The van der Waals surface area contributed by atoms with Gasteiger partial charge in [0.05, 0.1) is 17.5 Å². The average Bonchev–Trinajstić information content (AvgIpc) is 3.18. The van der Waals surface area contributed by atoms with Crippen LogP contribution in [0.4, 0.5) is 5.00 Å². The molecule has 0 bridgehead atoms. The van der Waals surface area contributed by atoms with Crippen molar-refractivity contribution in [3.05, 3.63) is 51.2 Å². The van der Waals surface area contributed by atoms with Gasteiger partial charge in [-0.15, -0.1) is 22.9 Å². The van der Waals surface area contributed by atoms with E-state index in [1.807, 2.05) is 18.2 Å². The van der Waals surface area contributed by atoms with Gasteiger partial charge in [-0.1, -0.05) is 22.8 Å². The van der Waals surface area contributed by atoms with Crippen LogP contribution < -0.4 is 10.6 Å². The molecular weight excluding hydrogens is 379 g/mol. The summed E-state index contributed by atoms with van der Waals surface area (Å²) in [5, 5.41) is 12.4. The van der Waals surface area contributed by atoms with Crippen molar-refractivity contribution >= 4 is 50.9 Å². The second kappa shape index (κ2) is 6.86. The molecule has 4 rings (SSSR count). The Labute approximate surface area is 159 Å². The number of alkyl halides is 1. The van der Waals surface area contributed by atoms with E-state index < -0.39 is 0 Å². The molecule has 1 aliphatic carbocycles. The summed E-state index contributed by atoms with van der Waals surface area (Å²) in [5.41, 5.74) is 2.69. The number of allylic oxidation sites excluding steroid dienone is 4. The van der Waals surface area contributed by atoms with Crippen LogP contribution in [-0.4, -0.2) is 23.0 Å². The normalized spacial score (nSPS) is 19.5. The maximum Gasteiger partial charge on any atom is 0.156 e. The molecule has 2 N–H and O–H groups in total. The maximum absolute atomic E-state index is 6.26. The number of aliphatic imine (C=N–C) groups is 1. The second-order valence-corrected chi connectivity index (χ2v) is 8.08. The molecule has 1 atom stereocenters. The molecule has 0 saturated heterocycles. The van der Waals surface area contributed by atoms with Gasteiger partial charge in [-0.2, -0.15) is 0 Å². The van der Waals surface area contributed by atoms with Gasteiger partial charge in [0.1, 0.15) is 23.2 Å². The number of nitrogens with zero attached hydrogens (tertiary/aromatic N) is 2. The number of rotatable bonds is 3. The minimum Gasteiger partial charge on any atom is -0.362 e. The van der Waals surface area contributed by atoms with Gasteiger partial charge < -0.3 is 15.2 Å². The van der Waals surface area contributed by atoms with E-state index in [1.54, 1.807) is 11.3 Å². The Bertz CT molecular complexity index is 896. The average molecular weight is 395 g/mol.